The molecule has 26 heavy (non-hydrogen) atoms. The molecular formula is C19H27NO5S. The maximum atomic E-state index is 12.0. The van der Waals surface area contributed by atoms with Crippen LogP contribution < -0.4 is 5.32 Å². The first-order valence-electron chi connectivity index (χ1n) is 8.51. The molecule has 1 aromatic carbocycles. The highest BCUT2D eigenvalue weighted by atomic mass is 32.2. The number of thioether (sulfide) groups is 1. The first-order valence-corrected chi connectivity index (χ1v) is 9.49. The molecule has 0 unspecified atom stereocenters. The predicted molar refractivity (Wildman–Crippen MR) is 101 cm³/mol. The molecule has 2 atom stereocenters. The second-order valence-corrected chi connectivity index (χ2v) is 7.19. The highest BCUT2D eigenvalue weighted by Gasteiger charge is 2.26. The van der Waals surface area contributed by atoms with Crippen molar-refractivity contribution in [3.05, 3.63) is 29.3 Å². The normalized spacial score (nSPS) is 12.8. The number of esters is 2. The first kappa shape index (κ1) is 22.0. The Kier molecular flexibility index (Phi) is 9.19. The Labute approximate surface area is 159 Å². The van der Waals surface area contributed by atoms with Gasteiger partial charge in [0, 0.05) is 4.90 Å². The number of hydrogen-bond donors (Lipinski definition) is 1. The van der Waals surface area contributed by atoms with Crippen LogP contribution in [0, 0.1) is 19.8 Å². The molecule has 6 nitrogen and oxygen atoms in total. The first-order chi connectivity index (χ1) is 12.3. The minimum atomic E-state index is -0.749. The van der Waals surface area contributed by atoms with Crippen molar-refractivity contribution in [1.29, 1.82) is 0 Å². The van der Waals surface area contributed by atoms with Gasteiger partial charge in [0.15, 0.2) is 6.61 Å². The second kappa shape index (κ2) is 10.9. The molecule has 0 bridgehead atoms. The highest BCUT2D eigenvalue weighted by molar-refractivity contribution is 8.00. The molecule has 0 aliphatic heterocycles. The molecule has 0 aromatic heterocycles. The Balaban J connectivity index is 2.45. The van der Waals surface area contributed by atoms with Crippen LogP contribution in [0.5, 0.6) is 0 Å². The lowest BCUT2D eigenvalue weighted by Gasteiger charge is -2.21. The summed E-state index contributed by atoms with van der Waals surface area (Å²) in [5.74, 6) is -1.48. The van der Waals surface area contributed by atoms with Gasteiger partial charge in [-0.3, -0.25) is 9.59 Å². The van der Waals surface area contributed by atoms with Gasteiger partial charge in [0.1, 0.15) is 6.04 Å². The lowest BCUT2D eigenvalue weighted by molar-refractivity contribution is -0.149. The Bertz CT molecular complexity index is 647. The van der Waals surface area contributed by atoms with E-state index in [4.69, 9.17) is 9.47 Å². The predicted octanol–water partition coefficient (Wildman–Crippen LogP) is 2.64. The van der Waals surface area contributed by atoms with Crippen molar-refractivity contribution in [1.82, 2.24) is 5.32 Å². The standard InChI is InChI=1S/C19H27NO5S/c1-6-13(3)18(19(23)24-5)20-16(21)10-25-17(22)11-26-15-8-7-12(2)9-14(15)4/h7-9,13,18H,6,10-11H2,1-5H3,(H,20,21)/t13-,18+/m0/s1. The fourth-order valence-corrected chi connectivity index (χ4v) is 3.10. The summed E-state index contributed by atoms with van der Waals surface area (Å²) >= 11 is 1.37. The van der Waals surface area contributed by atoms with Crippen LogP contribution in [0.4, 0.5) is 0 Å². The zero-order chi connectivity index (χ0) is 19.7. The summed E-state index contributed by atoms with van der Waals surface area (Å²) in [6, 6.07) is 5.24. The van der Waals surface area contributed by atoms with Crippen molar-refractivity contribution in [2.45, 2.75) is 45.1 Å². The molecule has 1 aromatic rings. The molecule has 0 saturated carbocycles. The number of amides is 1. The maximum Gasteiger partial charge on any atom is 0.328 e. The zero-order valence-electron chi connectivity index (χ0n) is 16.0. The molecule has 144 valence electrons. The third-order valence-corrected chi connectivity index (χ3v) is 5.17. The Hall–Kier alpha value is -2.02. The van der Waals surface area contributed by atoms with Gasteiger partial charge >= 0.3 is 11.9 Å². The molecule has 0 spiro atoms. The third-order valence-electron chi connectivity index (χ3n) is 4.02. The van der Waals surface area contributed by atoms with Gasteiger partial charge in [-0.2, -0.15) is 0 Å². The quantitative estimate of drug-likeness (QED) is 0.523. The lowest BCUT2D eigenvalue weighted by atomic mass is 9.99. The molecule has 0 aliphatic carbocycles. The lowest BCUT2D eigenvalue weighted by Crippen LogP contribution is -2.47. The summed E-state index contributed by atoms with van der Waals surface area (Å²) in [7, 11) is 1.27. The van der Waals surface area contributed by atoms with Crippen LogP contribution in [0.25, 0.3) is 0 Å². The molecule has 0 fully saturated rings. The fraction of sp³-hybridized carbons (Fsp3) is 0.526. The fourth-order valence-electron chi connectivity index (χ4n) is 2.30. The molecule has 0 aliphatic rings. The number of methoxy groups -OCH3 is 1. The smallest absolute Gasteiger partial charge is 0.328 e. The molecule has 1 amide bonds. The van der Waals surface area contributed by atoms with E-state index < -0.39 is 30.5 Å². The molecule has 1 rings (SSSR count). The Morgan fingerprint density at radius 3 is 2.50 bits per heavy atom. The van der Waals surface area contributed by atoms with Crippen LogP contribution in [-0.2, 0) is 23.9 Å². The van der Waals surface area contributed by atoms with E-state index in [2.05, 4.69) is 5.32 Å². The van der Waals surface area contributed by atoms with E-state index in [1.807, 2.05) is 45.9 Å². The number of aryl methyl sites for hydroxylation is 2. The SMILES string of the molecule is CC[C@H](C)[C@@H](NC(=O)COC(=O)CSc1ccc(C)cc1C)C(=O)OC. The van der Waals surface area contributed by atoms with Crippen molar-refractivity contribution in [3.8, 4) is 0 Å². The van der Waals surface area contributed by atoms with Gasteiger partial charge in [0.25, 0.3) is 5.91 Å². The number of benzene rings is 1. The van der Waals surface area contributed by atoms with Gasteiger partial charge in [0.05, 0.1) is 12.9 Å². The number of nitrogens with one attached hydrogen (secondary N) is 1. The van der Waals surface area contributed by atoms with Crippen LogP contribution in [-0.4, -0.2) is 43.4 Å². The Morgan fingerprint density at radius 1 is 1.23 bits per heavy atom. The van der Waals surface area contributed by atoms with Gasteiger partial charge in [-0.05, 0) is 31.4 Å². The average Bonchev–Trinajstić information content (AvgIpc) is 2.62. The summed E-state index contributed by atoms with van der Waals surface area (Å²) in [5, 5.41) is 2.57. The van der Waals surface area contributed by atoms with E-state index in [0.717, 1.165) is 16.0 Å². The highest BCUT2D eigenvalue weighted by Crippen LogP contribution is 2.23. The molecule has 7 heteroatoms. The minimum absolute atomic E-state index is 0.0813. The second-order valence-electron chi connectivity index (χ2n) is 6.17. The topological polar surface area (TPSA) is 81.7 Å². The van der Waals surface area contributed by atoms with Crippen molar-refractivity contribution >= 4 is 29.6 Å². The molecule has 1 N–H and O–H groups in total. The third kappa shape index (κ3) is 7.07. The largest absolute Gasteiger partial charge is 0.467 e. The van der Waals surface area contributed by atoms with E-state index >= 15 is 0 Å². The van der Waals surface area contributed by atoms with Gasteiger partial charge < -0.3 is 14.8 Å². The van der Waals surface area contributed by atoms with E-state index in [9.17, 15) is 14.4 Å². The van der Waals surface area contributed by atoms with Gasteiger partial charge in [-0.15, -0.1) is 11.8 Å². The van der Waals surface area contributed by atoms with Gasteiger partial charge in [-0.1, -0.05) is 38.0 Å². The average molecular weight is 381 g/mol. The monoisotopic (exact) mass is 381 g/mol. The van der Waals surface area contributed by atoms with Crippen LogP contribution >= 0.6 is 11.8 Å². The molecule has 0 heterocycles. The van der Waals surface area contributed by atoms with Crippen LogP contribution in [0.15, 0.2) is 23.1 Å². The van der Waals surface area contributed by atoms with Crippen molar-refractivity contribution in [2.24, 2.45) is 5.92 Å². The van der Waals surface area contributed by atoms with E-state index in [1.165, 1.54) is 18.9 Å². The summed E-state index contributed by atoms with van der Waals surface area (Å²) in [4.78, 5) is 36.6. The van der Waals surface area contributed by atoms with E-state index in [1.54, 1.807) is 0 Å². The van der Waals surface area contributed by atoms with E-state index in [-0.39, 0.29) is 11.7 Å². The minimum Gasteiger partial charge on any atom is -0.467 e. The summed E-state index contributed by atoms with van der Waals surface area (Å²) in [5.41, 5.74) is 2.25. The number of rotatable bonds is 9. The summed E-state index contributed by atoms with van der Waals surface area (Å²) in [6.07, 6.45) is 0.701. The Morgan fingerprint density at radius 2 is 1.92 bits per heavy atom. The molecular weight excluding hydrogens is 354 g/mol. The van der Waals surface area contributed by atoms with Gasteiger partial charge in [-0.25, -0.2) is 4.79 Å². The summed E-state index contributed by atoms with van der Waals surface area (Å²) < 4.78 is 9.70. The van der Waals surface area contributed by atoms with Crippen molar-refractivity contribution in [3.63, 3.8) is 0 Å². The molecule has 0 radical (unpaired) electrons. The van der Waals surface area contributed by atoms with Crippen LogP contribution in [0.1, 0.15) is 31.4 Å². The van der Waals surface area contributed by atoms with Gasteiger partial charge in [0.2, 0.25) is 0 Å². The van der Waals surface area contributed by atoms with Crippen molar-refractivity contribution < 1.29 is 23.9 Å². The van der Waals surface area contributed by atoms with Crippen LogP contribution in [0.2, 0.25) is 0 Å². The number of carbonyl (C=O) groups excluding carboxylic acids is 3. The zero-order valence-corrected chi connectivity index (χ0v) is 16.8. The number of ether oxygens (including phenoxy) is 2. The van der Waals surface area contributed by atoms with Crippen molar-refractivity contribution in [2.75, 3.05) is 19.5 Å². The number of hydrogen-bond acceptors (Lipinski definition) is 6. The molecule has 0 saturated heterocycles. The summed E-state index contributed by atoms with van der Waals surface area (Å²) in [6.45, 7) is 7.33. The number of carbonyl (C=O) groups is 3. The van der Waals surface area contributed by atoms with E-state index in [0.29, 0.717) is 6.42 Å². The van der Waals surface area contributed by atoms with Crippen LogP contribution in [0.3, 0.4) is 0 Å². The maximum absolute atomic E-state index is 12.0.